The normalized spacial score (nSPS) is 14.1. The number of phenolic OH excluding ortho intramolecular Hbond substituents is 1. The molecular weight excluding hydrogens is 243 g/mol. The van der Waals surface area contributed by atoms with E-state index in [2.05, 4.69) is 0 Å². The number of hydrogen-bond donors (Lipinski definition) is 2. The van der Waals surface area contributed by atoms with Crippen molar-refractivity contribution in [2.45, 2.75) is 25.9 Å². The molecule has 0 aliphatic carbocycles. The molecule has 0 aromatic heterocycles. The van der Waals surface area contributed by atoms with E-state index in [4.69, 9.17) is 0 Å². The Bertz CT molecular complexity index is 574. The lowest BCUT2D eigenvalue weighted by Crippen LogP contribution is -2.24. The molecule has 0 radical (unpaired) electrons. The molecule has 0 heterocycles. The van der Waals surface area contributed by atoms with Crippen LogP contribution >= 0.6 is 0 Å². The molecule has 0 saturated carbocycles. The van der Waals surface area contributed by atoms with Gasteiger partial charge in [0.15, 0.2) is 0 Å². The lowest BCUT2D eigenvalue weighted by Gasteiger charge is -2.24. The fourth-order valence-electron chi connectivity index (χ4n) is 2.04. The molecule has 0 aliphatic rings. The highest BCUT2D eigenvalue weighted by Gasteiger charge is 2.24. The quantitative estimate of drug-likeness (QED) is 0.889. The lowest BCUT2D eigenvalue weighted by atomic mass is 9.88. The molecule has 0 amide bonds. The number of halogens is 1. The molecule has 100 valence electrons. The molecule has 2 nitrogen and oxygen atoms in total. The largest absolute Gasteiger partial charge is 0.508 e. The van der Waals surface area contributed by atoms with E-state index >= 15 is 0 Å². The highest BCUT2D eigenvalue weighted by molar-refractivity contribution is 5.31. The molecule has 0 aliphatic heterocycles. The average molecular weight is 260 g/mol. The summed E-state index contributed by atoms with van der Waals surface area (Å²) < 4.78 is 13.6. The summed E-state index contributed by atoms with van der Waals surface area (Å²) in [5.41, 5.74) is 0.836. The van der Waals surface area contributed by atoms with Crippen LogP contribution in [0.15, 0.2) is 42.5 Å². The van der Waals surface area contributed by atoms with Gasteiger partial charge in [0.05, 0.1) is 5.60 Å². The Morgan fingerprint density at radius 1 is 1.11 bits per heavy atom. The van der Waals surface area contributed by atoms with Gasteiger partial charge in [0.25, 0.3) is 0 Å². The van der Waals surface area contributed by atoms with Gasteiger partial charge < -0.3 is 10.2 Å². The van der Waals surface area contributed by atoms with Crippen molar-refractivity contribution in [1.82, 2.24) is 0 Å². The van der Waals surface area contributed by atoms with Crippen molar-refractivity contribution >= 4 is 0 Å². The van der Waals surface area contributed by atoms with Gasteiger partial charge in [0, 0.05) is 6.42 Å². The van der Waals surface area contributed by atoms with Gasteiger partial charge in [-0.25, -0.2) is 4.39 Å². The number of phenols is 1. The second kappa shape index (κ2) is 5.02. The predicted molar refractivity (Wildman–Crippen MR) is 72.5 cm³/mol. The molecule has 0 spiro atoms. The summed E-state index contributed by atoms with van der Waals surface area (Å²) in [6, 6.07) is 11.4. The van der Waals surface area contributed by atoms with Crippen molar-refractivity contribution in [2.75, 3.05) is 0 Å². The highest BCUT2D eigenvalue weighted by atomic mass is 19.1. The first-order valence-corrected chi connectivity index (χ1v) is 6.15. The summed E-state index contributed by atoms with van der Waals surface area (Å²) in [5.74, 6) is -0.131. The highest BCUT2D eigenvalue weighted by Crippen LogP contribution is 2.27. The van der Waals surface area contributed by atoms with Crippen LogP contribution < -0.4 is 0 Å². The van der Waals surface area contributed by atoms with Crippen LogP contribution in [0.25, 0.3) is 0 Å². The van der Waals surface area contributed by atoms with Gasteiger partial charge >= 0.3 is 0 Å². The zero-order valence-electron chi connectivity index (χ0n) is 11.0. The SMILES string of the molecule is Cc1ccc(C(C)(O)Cc2ccc(O)cc2)cc1F. The average Bonchev–Trinajstić information content (AvgIpc) is 2.35. The van der Waals surface area contributed by atoms with E-state index in [1.165, 1.54) is 6.07 Å². The number of benzene rings is 2. The van der Waals surface area contributed by atoms with Gasteiger partial charge in [-0.15, -0.1) is 0 Å². The molecule has 1 unspecified atom stereocenters. The van der Waals surface area contributed by atoms with Crippen LogP contribution in [0.4, 0.5) is 4.39 Å². The molecule has 19 heavy (non-hydrogen) atoms. The van der Waals surface area contributed by atoms with Crippen LogP contribution in [-0.2, 0) is 12.0 Å². The van der Waals surface area contributed by atoms with Crippen molar-refractivity contribution < 1.29 is 14.6 Å². The Morgan fingerprint density at radius 3 is 2.32 bits per heavy atom. The third-order valence-electron chi connectivity index (χ3n) is 3.28. The van der Waals surface area contributed by atoms with E-state index in [-0.39, 0.29) is 11.6 Å². The summed E-state index contributed by atoms with van der Waals surface area (Å²) in [7, 11) is 0. The third kappa shape index (κ3) is 3.12. The number of aliphatic hydroxyl groups is 1. The first-order valence-electron chi connectivity index (χ1n) is 6.15. The van der Waals surface area contributed by atoms with Crippen LogP contribution in [0.3, 0.4) is 0 Å². The first-order chi connectivity index (χ1) is 8.88. The molecule has 2 aromatic carbocycles. The Kier molecular flexibility index (Phi) is 3.58. The van der Waals surface area contributed by atoms with E-state index < -0.39 is 5.60 Å². The van der Waals surface area contributed by atoms with Crippen LogP contribution in [-0.4, -0.2) is 10.2 Å². The van der Waals surface area contributed by atoms with Crippen molar-refractivity contribution in [3.63, 3.8) is 0 Å². The van der Waals surface area contributed by atoms with Crippen molar-refractivity contribution in [3.8, 4) is 5.75 Å². The smallest absolute Gasteiger partial charge is 0.126 e. The Labute approximate surface area is 112 Å². The topological polar surface area (TPSA) is 40.5 Å². The van der Waals surface area contributed by atoms with Crippen molar-refractivity contribution in [2.24, 2.45) is 0 Å². The standard InChI is InChI=1S/C16H17FO2/c1-11-3-6-13(9-15(11)17)16(2,19)10-12-4-7-14(18)8-5-12/h3-9,18-19H,10H2,1-2H3. The number of hydrogen-bond acceptors (Lipinski definition) is 2. The number of aromatic hydroxyl groups is 1. The van der Waals surface area contributed by atoms with Crippen molar-refractivity contribution in [3.05, 3.63) is 65.0 Å². The van der Waals surface area contributed by atoms with E-state index in [1.54, 1.807) is 50.2 Å². The summed E-state index contributed by atoms with van der Waals surface area (Å²) in [4.78, 5) is 0. The van der Waals surface area contributed by atoms with Crippen molar-refractivity contribution in [1.29, 1.82) is 0 Å². The second-order valence-corrected chi connectivity index (χ2v) is 5.08. The van der Waals surface area contributed by atoms with E-state index in [9.17, 15) is 14.6 Å². The number of aryl methyl sites for hydroxylation is 1. The van der Waals surface area contributed by atoms with Crippen LogP contribution in [0.5, 0.6) is 5.75 Å². The molecule has 0 saturated heterocycles. The molecular formula is C16H17FO2. The zero-order chi connectivity index (χ0) is 14.0. The van der Waals surface area contributed by atoms with E-state index in [0.717, 1.165) is 5.56 Å². The molecule has 3 heteroatoms. The summed E-state index contributed by atoms with van der Waals surface area (Å²) in [5, 5.41) is 19.7. The monoisotopic (exact) mass is 260 g/mol. The van der Waals surface area contributed by atoms with Crippen LogP contribution in [0.2, 0.25) is 0 Å². The second-order valence-electron chi connectivity index (χ2n) is 5.08. The Hall–Kier alpha value is -1.87. The molecule has 2 aromatic rings. The van der Waals surface area contributed by atoms with Gasteiger partial charge in [-0.05, 0) is 48.7 Å². The minimum Gasteiger partial charge on any atom is -0.508 e. The first kappa shape index (κ1) is 13.6. The van der Waals surface area contributed by atoms with Gasteiger partial charge in [-0.3, -0.25) is 0 Å². The molecule has 0 bridgehead atoms. The minimum atomic E-state index is -1.15. The zero-order valence-corrected chi connectivity index (χ0v) is 11.0. The fraction of sp³-hybridized carbons (Fsp3) is 0.250. The van der Waals surface area contributed by atoms with Gasteiger partial charge in [0.2, 0.25) is 0 Å². The molecule has 0 fully saturated rings. The maximum atomic E-state index is 13.6. The predicted octanol–water partition coefficient (Wildman–Crippen LogP) is 3.29. The van der Waals surface area contributed by atoms with Gasteiger partial charge in [0.1, 0.15) is 11.6 Å². The van der Waals surface area contributed by atoms with Crippen LogP contribution in [0.1, 0.15) is 23.6 Å². The summed E-state index contributed by atoms with van der Waals surface area (Å²) >= 11 is 0. The number of rotatable bonds is 3. The molecule has 1 atom stereocenters. The summed E-state index contributed by atoms with van der Waals surface area (Å²) in [6.45, 7) is 3.35. The van der Waals surface area contributed by atoms with Crippen LogP contribution in [0, 0.1) is 12.7 Å². The summed E-state index contributed by atoms with van der Waals surface area (Å²) in [6.07, 6.45) is 0.357. The fourth-order valence-corrected chi connectivity index (χ4v) is 2.04. The third-order valence-corrected chi connectivity index (χ3v) is 3.28. The van der Waals surface area contributed by atoms with Gasteiger partial charge in [-0.1, -0.05) is 24.3 Å². The van der Waals surface area contributed by atoms with Gasteiger partial charge in [-0.2, -0.15) is 0 Å². The van der Waals surface area contributed by atoms with E-state index in [1.807, 2.05) is 0 Å². The maximum Gasteiger partial charge on any atom is 0.126 e. The maximum absolute atomic E-state index is 13.6. The minimum absolute atomic E-state index is 0.185. The molecule has 2 rings (SSSR count). The lowest BCUT2D eigenvalue weighted by molar-refractivity contribution is 0.0572. The Morgan fingerprint density at radius 2 is 1.74 bits per heavy atom. The Balaban J connectivity index is 2.26. The van der Waals surface area contributed by atoms with E-state index in [0.29, 0.717) is 17.5 Å². The molecule has 2 N–H and O–H groups in total.